The van der Waals surface area contributed by atoms with Crippen LogP contribution in [-0.4, -0.2) is 37.7 Å². The Balaban J connectivity index is 1.59. The third-order valence-corrected chi connectivity index (χ3v) is 5.96. The van der Waals surface area contributed by atoms with Crippen LogP contribution in [-0.2, 0) is 0 Å². The topological polar surface area (TPSA) is 77.4 Å². The largest absolute Gasteiger partial charge is 0.286 e. The Hall–Kier alpha value is -4.36. The molecule has 7 nitrogen and oxygen atoms in total. The molecule has 1 aliphatic heterocycles. The molecule has 0 saturated heterocycles. The lowest BCUT2D eigenvalue weighted by molar-refractivity contribution is 0.962. The number of fused-ring (bicyclic) bond motifs is 1. The summed E-state index contributed by atoms with van der Waals surface area (Å²) >= 11 is 6.10. The van der Waals surface area contributed by atoms with E-state index in [1.54, 1.807) is 41.5 Å². The fraction of sp³-hybridized carbons (Fsp3) is 0.0385. The third-order valence-electron chi connectivity index (χ3n) is 5.70. The van der Waals surface area contributed by atoms with Gasteiger partial charge in [-0.2, -0.15) is 0 Å². The van der Waals surface area contributed by atoms with E-state index in [9.17, 15) is 4.79 Å². The molecule has 0 radical (unpaired) electrons. The molecule has 6 rings (SSSR count). The lowest BCUT2D eigenvalue weighted by Crippen LogP contribution is -2.22. The van der Waals surface area contributed by atoms with Crippen molar-refractivity contribution in [1.82, 2.24) is 19.1 Å². The molecule has 0 unspecified atom stereocenters. The monoisotopic (exact) mass is 464 g/mol. The summed E-state index contributed by atoms with van der Waals surface area (Å²) in [7, 11) is 0. The van der Waals surface area contributed by atoms with Crippen molar-refractivity contribution in [3.63, 3.8) is 0 Å². The van der Waals surface area contributed by atoms with E-state index >= 15 is 0 Å². The molecule has 34 heavy (non-hydrogen) atoms. The molecule has 5 aromatic rings. The van der Waals surface area contributed by atoms with E-state index in [1.165, 1.54) is 0 Å². The second kappa shape index (κ2) is 8.20. The van der Waals surface area contributed by atoms with Crippen LogP contribution in [0.15, 0.2) is 100.0 Å². The maximum Gasteiger partial charge on any atom is 0.286 e. The summed E-state index contributed by atoms with van der Waals surface area (Å²) in [5, 5.41) is 0.588. The van der Waals surface area contributed by atoms with Crippen molar-refractivity contribution in [2.45, 2.75) is 0 Å². The fourth-order valence-electron chi connectivity index (χ4n) is 4.01. The van der Waals surface area contributed by atoms with E-state index in [0.717, 1.165) is 22.5 Å². The van der Waals surface area contributed by atoms with E-state index in [2.05, 4.69) is 15.0 Å². The van der Waals surface area contributed by atoms with E-state index in [4.69, 9.17) is 16.6 Å². The SMILES string of the molecule is O=c1c2ncn(-c3ccccc3)c2nc(-c2ccc(C3=NC=NC3)cc2)n1-c1ccc(Cl)cc1. The zero-order chi connectivity index (χ0) is 23.1. The maximum absolute atomic E-state index is 13.7. The Bertz CT molecular complexity index is 1630. The molecule has 164 valence electrons. The number of hydrogen-bond acceptors (Lipinski definition) is 5. The normalized spacial score (nSPS) is 12.9. The van der Waals surface area contributed by atoms with Crippen molar-refractivity contribution >= 4 is 34.8 Å². The number of benzene rings is 3. The van der Waals surface area contributed by atoms with Gasteiger partial charge in [0, 0.05) is 16.3 Å². The van der Waals surface area contributed by atoms with Gasteiger partial charge in [-0.25, -0.2) is 15.0 Å². The van der Waals surface area contributed by atoms with Crippen LogP contribution in [0.4, 0.5) is 0 Å². The second-order valence-corrected chi connectivity index (χ2v) is 8.22. The molecule has 0 atom stereocenters. The average Bonchev–Trinajstić information content (AvgIpc) is 3.56. The highest BCUT2D eigenvalue weighted by atomic mass is 35.5. The molecule has 2 aromatic heterocycles. The average molecular weight is 465 g/mol. The molecule has 0 spiro atoms. The Morgan fingerprint density at radius 1 is 0.824 bits per heavy atom. The van der Waals surface area contributed by atoms with Gasteiger partial charge in [0.15, 0.2) is 11.2 Å². The van der Waals surface area contributed by atoms with Crippen LogP contribution in [0.5, 0.6) is 0 Å². The molecule has 1 aliphatic rings. The number of para-hydroxylation sites is 1. The van der Waals surface area contributed by atoms with E-state index < -0.39 is 0 Å². The molecular weight excluding hydrogens is 448 g/mol. The molecule has 0 aliphatic carbocycles. The van der Waals surface area contributed by atoms with Gasteiger partial charge in [0.1, 0.15) is 18.5 Å². The van der Waals surface area contributed by atoms with Crippen molar-refractivity contribution in [2.24, 2.45) is 9.98 Å². The smallest absolute Gasteiger partial charge is 0.283 e. The van der Waals surface area contributed by atoms with Gasteiger partial charge in [-0.3, -0.25) is 18.9 Å². The highest BCUT2D eigenvalue weighted by Crippen LogP contribution is 2.25. The molecule has 3 aromatic carbocycles. The number of nitrogens with zero attached hydrogens (tertiary/aromatic N) is 6. The van der Waals surface area contributed by atoms with E-state index in [0.29, 0.717) is 28.7 Å². The number of imidazole rings is 1. The minimum atomic E-state index is -0.255. The zero-order valence-corrected chi connectivity index (χ0v) is 18.6. The van der Waals surface area contributed by atoms with Gasteiger partial charge in [0.05, 0.1) is 17.9 Å². The first kappa shape index (κ1) is 20.3. The quantitative estimate of drug-likeness (QED) is 0.386. The predicted molar refractivity (Wildman–Crippen MR) is 135 cm³/mol. The highest BCUT2D eigenvalue weighted by molar-refractivity contribution is 6.30. The zero-order valence-electron chi connectivity index (χ0n) is 17.8. The van der Waals surface area contributed by atoms with Gasteiger partial charge in [-0.15, -0.1) is 0 Å². The minimum Gasteiger partial charge on any atom is -0.283 e. The summed E-state index contributed by atoms with van der Waals surface area (Å²) in [5.74, 6) is 0.508. The standard InChI is InChI=1S/C26H17ClN6O/c27-19-10-12-21(13-11-19)33-24(18-8-6-17(7-9-18)22-14-28-15-29-22)31-25-23(26(33)34)30-16-32(25)20-4-2-1-3-5-20/h1-13,15-16H,14H2. The van der Waals surface area contributed by atoms with Crippen LogP contribution in [0.2, 0.25) is 5.02 Å². The van der Waals surface area contributed by atoms with Crippen molar-refractivity contribution in [3.05, 3.63) is 106 Å². The lowest BCUT2D eigenvalue weighted by atomic mass is 10.1. The van der Waals surface area contributed by atoms with Gasteiger partial charge in [-0.1, -0.05) is 54.1 Å². The van der Waals surface area contributed by atoms with Crippen LogP contribution >= 0.6 is 11.6 Å². The maximum atomic E-state index is 13.7. The number of aliphatic imine (C=N–C) groups is 2. The van der Waals surface area contributed by atoms with Crippen molar-refractivity contribution in [3.8, 4) is 22.8 Å². The van der Waals surface area contributed by atoms with Gasteiger partial charge in [0.25, 0.3) is 5.56 Å². The summed E-state index contributed by atoms with van der Waals surface area (Å²) in [4.78, 5) is 31.5. The van der Waals surface area contributed by atoms with Crippen molar-refractivity contribution < 1.29 is 0 Å². The van der Waals surface area contributed by atoms with Gasteiger partial charge >= 0.3 is 0 Å². The first-order valence-electron chi connectivity index (χ1n) is 10.7. The minimum absolute atomic E-state index is 0.255. The second-order valence-electron chi connectivity index (χ2n) is 7.78. The first-order valence-corrected chi connectivity index (χ1v) is 11.0. The molecule has 0 amide bonds. The summed E-state index contributed by atoms with van der Waals surface area (Å²) in [6.45, 7) is 0.565. The summed E-state index contributed by atoms with van der Waals surface area (Å²) in [5.41, 5.74) is 4.75. The number of hydrogen-bond donors (Lipinski definition) is 0. The summed E-state index contributed by atoms with van der Waals surface area (Å²) in [6, 6.07) is 24.6. The molecule has 0 fully saturated rings. The van der Waals surface area contributed by atoms with E-state index in [-0.39, 0.29) is 11.1 Å². The summed E-state index contributed by atoms with van der Waals surface area (Å²) < 4.78 is 3.40. The number of rotatable bonds is 4. The number of aromatic nitrogens is 4. The Kier molecular flexibility index (Phi) is 4.89. The Labute approximate surface area is 199 Å². The van der Waals surface area contributed by atoms with Crippen LogP contribution in [0.3, 0.4) is 0 Å². The van der Waals surface area contributed by atoms with E-state index in [1.807, 2.05) is 59.2 Å². The summed E-state index contributed by atoms with van der Waals surface area (Å²) in [6.07, 6.45) is 3.20. The van der Waals surface area contributed by atoms with Crippen LogP contribution < -0.4 is 5.56 Å². The van der Waals surface area contributed by atoms with Crippen molar-refractivity contribution in [1.29, 1.82) is 0 Å². The molecule has 0 N–H and O–H groups in total. The lowest BCUT2D eigenvalue weighted by Gasteiger charge is -2.14. The number of halogens is 1. The third kappa shape index (κ3) is 3.43. The van der Waals surface area contributed by atoms with Gasteiger partial charge in [-0.05, 0) is 42.0 Å². The fourth-order valence-corrected chi connectivity index (χ4v) is 4.14. The van der Waals surface area contributed by atoms with Crippen molar-refractivity contribution in [2.75, 3.05) is 6.54 Å². The Morgan fingerprint density at radius 2 is 1.56 bits per heavy atom. The molecule has 3 heterocycles. The molecule has 8 heteroatoms. The van der Waals surface area contributed by atoms with Gasteiger partial charge in [0.2, 0.25) is 0 Å². The van der Waals surface area contributed by atoms with Crippen LogP contribution in [0.1, 0.15) is 5.56 Å². The Morgan fingerprint density at radius 3 is 2.26 bits per heavy atom. The van der Waals surface area contributed by atoms with Crippen LogP contribution in [0, 0.1) is 0 Å². The van der Waals surface area contributed by atoms with Crippen LogP contribution in [0.25, 0.3) is 33.9 Å². The molecule has 0 bridgehead atoms. The first-order chi connectivity index (χ1) is 16.7. The molecular formula is C26H17ClN6O. The van der Waals surface area contributed by atoms with Gasteiger partial charge < -0.3 is 0 Å². The predicted octanol–water partition coefficient (Wildman–Crippen LogP) is 4.72. The highest BCUT2D eigenvalue weighted by Gasteiger charge is 2.19. The molecule has 0 saturated carbocycles.